The summed E-state index contributed by atoms with van der Waals surface area (Å²) in [6.07, 6.45) is 0. The molecule has 0 fully saturated rings. The highest BCUT2D eigenvalue weighted by Crippen LogP contribution is 2.20. The lowest BCUT2D eigenvalue weighted by Gasteiger charge is -2.24. The van der Waals surface area contributed by atoms with Gasteiger partial charge in [-0.25, -0.2) is 4.98 Å². The molecule has 0 spiro atoms. The molecule has 1 unspecified atom stereocenters. The van der Waals surface area contributed by atoms with Crippen molar-refractivity contribution in [3.63, 3.8) is 0 Å². The average molecular weight is 295 g/mol. The van der Waals surface area contributed by atoms with E-state index < -0.39 is 11.0 Å². The van der Waals surface area contributed by atoms with E-state index in [1.54, 1.807) is 14.0 Å². The third-order valence-corrected chi connectivity index (χ3v) is 2.53. The van der Waals surface area contributed by atoms with E-state index in [1.807, 2.05) is 20.8 Å². The number of nitro groups is 1. The summed E-state index contributed by atoms with van der Waals surface area (Å²) in [4.78, 5) is 26.5. The summed E-state index contributed by atoms with van der Waals surface area (Å²) >= 11 is 0. The normalized spacial score (nSPS) is 12.4. The number of hydrogen-bond acceptors (Lipinski definition) is 6. The van der Waals surface area contributed by atoms with Gasteiger partial charge in [0, 0.05) is 12.6 Å². The van der Waals surface area contributed by atoms with E-state index in [9.17, 15) is 14.9 Å². The third kappa shape index (κ3) is 5.25. The van der Waals surface area contributed by atoms with Gasteiger partial charge in [-0.05, 0) is 27.7 Å². The fourth-order valence-corrected chi connectivity index (χ4v) is 1.59. The first-order valence-corrected chi connectivity index (χ1v) is 6.55. The Bertz CT molecular complexity index is 539. The maximum Gasteiger partial charge on any atom is 0.276 e. The summed E-state index contributed by atoms with van der Waals surface area (Å²) in [5.74, 6) is 0.419. The number of aromatic nitrogens is 1. The molecule has 21 heavy (non-hydrogen) atoms. The predicted molar refractivity (Wildman–Crippen MR) is 81.4 cm³/mol. The Hall–Kier alpha value is -2.38. The lowest BCUT2D eigenvalue weighted by Crippen LogP contribution is -2.47. The zero-order valence-electron chi connectivity index (χ0n) is 12.9. The second-order valence-corrected chi connectivity index (χ2v) is 5.71. The fraction of sp³-hybridized carbons (Fsp3) is 0.538. The molecule has 8 nitrogen and oxygen atoms in total. The van der Waals surface area contributed by atoms with Gasteiger partial charge >= 0.3 is 0 Å². The minimum atomic E-state index is -0.566. The summed E-state index contributed by atoms with van der Waals surface area (Å²) in [6.45, 7) is 7.30. The van der Waals surface area contributed by atoms with Crippen molar-refractivity contribution in [1.82, 2.24) is 10.3 Å². The van der Waals surface area contributed by atoms with Gasteiger partial charge in [0.1, 0.15) is 17.7 Å². The van der Waals surface area contributed by atoms with Crippen LogP contribution in [0.25, 0.3) is 0 Å². The lowest BCUT2D eigenvalue weighted by molar-refractivity contribution is -0.384. The maximum absolute atomic E-state index is 12.0. The van der Waals surface area contributed by atoms with Gasteiger partial charge in [0.05, 0.1) is 17.1 Å². The van der Waals surface area contributed by atoms with Crippen LogP contribution in [0.3, 0.4) is 0 Å². The number of nitrogens with one attached hydrogen (secondary N) is 3. The molecule has 116 valence electrons. The Labute approximate surface area is 123 Å². The van der Waals surface area contributed by atoms with E-state index in [0.717, 1.165) is 0 Å². The molecule has 0 saturated carbocycles. The van der Waals surface area contributed by atoms with Gasteiger partial charge in [-0.15, -0.1) is 0 Å². The summed E-state index contributed by atoms with van der Waals surface area (Å²) in [5.41, 5.74) is -0.445. The molecule has 0 radical (unpaired) electrons. The Morgan fingerprint density at radius 2 is 1.90 bits per heavy atom. The number of anilines is 2. The zero-order valence-corrected chi connectivity index (χ0v) is 12.9. The van der Waals surface area contributed by atoms with Crippen LogP contribution in [0.4, 0.5) is 17.3 Å². The summed E-state index contributed by atoms with van der Waals surface area (Å²) in [5, 5.41) is 19.3. The molecule has 0 aliphatic carbocycles. The quantitative estimate of drug-likeness (QED) is 0.564. The number of amides is 1. The highest BCUT2D eigenvalue weighted by atomic mass is 16.6. The van der Waals surface area contributed by atoms with Crippen molar-refractivity contribution in [2.24, 2.45) is 0 Å². The first kappa shape index (κ1) is 16.7. The smallest absolute Gasteiger partial charge is 0.276 e. The van der Waals surface area contributed by atoms with Crippen LogP contribution < -0.4 is 16.0 Å². The van der Waals surface area contributed by atoms with Gasteiger partial charge < -0.3 is 16.0 Å². The Balaban J connectivity index is 2.89. The molecule has 3 N–H and O–H groups in total. The molecular formula is C13H21N5O3. The molecular weight excluding hydrogens is 274 g/mol. The molecule has 1 amide bonds. The van der Waals surface area contributed by atoms with Gasteiger partial charge in [0.2, 0.25) is 5.91 Å². The molecule has 8 heteroatoms. The second kappa shape index (κ2) is 6.38. The van der Waals surface area contributed by atoms with E-state index in [-0.39, 0.29) is 23.0 Å². The van der Waals surface area contributed by atoms with E-state index in [0.29, 0.717) is 5.82 Å². The van der Waals surface area contributed by atoms with E-state index >= 15 is 0 Å². The monoisotopic (exact) mass is 295 g/mol. The van der Waals surface area contributed by atoms with Crippen molar-refractivity contribution in [2.45, 2.75) is 39.3 Å². The molecule has 0 aliphatic rings. The number of carbonyl (C=O) groups excluding carboxylic acids is 1. The standard InChI is InChI=1S/C13H21N5O3/c1-8(12(19)17-13(2,3)4)15-11-7-9(18(20)21)6-10(14-5)16-11/h6-8H,1-5H3,(H,17,19)(H2,14,15,16). The topological polar surface area (TPSA) is 109 Å². The van der Waals surface area contributed by atoms with Crippen LogP contribution in [0.1, 0.15) is 27.7 Å². The second-order valence-electron chi connectivity index (χ2n) is 5.71. The van der Waals surface area contributed by atoms with Gasteiger partial charge in [-0.2, -0.15) is 0 Å². The lowest BCUT2D eigenvalue weighted by atomic mass is 10.1. The number of carbonyl (C=O) groups is 1. The number of hydrogen-bond donors (Lipinski definition) is 3. The minimum Gasteiger partial charge on any atom is -0.373 e. The fourth-order valence-electron chi connectivity index (χ4n) is 1.59. The van der Waals surface area contributed by atoms with E-state index in [2.05, 4.69) is 20.9 Å². The van der Waals surface area contributed by atoms with Crippen LogP contribution in [-0.2, 0) is 4.79 Å². The first-order chi connectivity index (χ1) is 9.62. The molecule has 1 atom stereocenters. The molecule has 0 saturated heterocycles. The van der Waals surface area contributed by atoms with E-state index in [1.165, 1.54) is 12.1 Å². The van der Waals surface area contributed by atoms with Crippen LogP contribution >= 0.6 is 0 Å². The molecule has 0 aliphatic heterocycles. The number of rotatable bonds is 5. The van der Waals surface area contributed by atoms with Crippen molar-refractivity contribution < 1.29 is 9.72 Å². The van der Waals surface area contributed by atoms with Crippen LogP contribution in [0.2, 0.25) is 0 Å². The number of nitrogens with zero attached hydrogens (tertiary/aromatic N) is 2. The van der Waals surface area contributed by atoms with Crippen LogP contribution in [0.5, 0.6) is 0 Å². The Kier molecular flexibility index (Phi) is 5.07. The van der Waals surface area contributed by atoms with Crippen molar-refractivity contribution >= 4 is 23.2 Å². The van der Waals surface area contributed by atoms with Gasteiger partial charge in [-0.1, -0.05) is 0 Å². The summed E-state index contributed by atoms with van der Waals surface area (Å²) in [6, 6.07) is 2.05. The molecule has 1 aromatic heterocycles. The van der Waals surface area contributed by atoms with Crippen molar-refractivity contribution in [1.29, 1.82) is 0 Å². The molecule has 1 aromatic rings. The summed E-state index contributed by atoms with van der Waals surface area (Å²) in [7, 11) is 1.62. The van der Waals surface area contributed by atoms with Crippen molar-refractivity contribution in [2.75, 3.05) is 17.7 Å². The third-order valence-electron chi connectivity index (χ3n) is 2.53. The molecule has 0 aromatic carbocycles. The Morgan fingerprint density at radius 1 is 1.33 bits per heavy atom. The molecule has 0 bridgehead atoms. The van der Waals surface area contributed by atoms with Crippen LogP contribution in [-0.4, -0.2) is 34.4 Å². The largest absolute Gasteiger partial charge is 0.373 e. The van der Waals surface area contributed by atoms with Crippen molar-refractivity contribution in [3.05, 3.63) is 22.2 Å². The van der Waals surface area contributed by atoms with Crippen LogP contribution in [0.15, 0.2) is 12.1 Å². The van der Waals surface area contributed by atoms with E-state index in [4.69, 9.17) is 0 Å². The van der Waals surface area contributed by atoms with Gasteiger partial charge in [0.25, 0.3) is 5.69 Å². The Morgan fingerprint density at radius 3 is 2.38 bits per heavy atom. The highest BCUT2D eigenvalue weighted by Gasteiger charge is 2.20. The number of pyridine rings is 1. The average Bonchev–Trinajstić information content (AvgIpc) is 2.36. The molecule has 1 heterocycles. The first-order valence-electron chi connectivity index (χ1n) is 6.55. The zero-order chi connectivity index (χ0) is 16.2. The van der Waals surface area contributed by atoms with Crippen LogP contribution in [0, 0.1) is 10.1 Å². The minimum absolute atomic E-state index is 0.0970. The van der Waals surface area contributed by atoms with Gasteiger partial charge in [0.15, 0.2) is 0 Å². The predicted octanol–water partition coefficient (Wildman–Crippen LogP) is 1.75. The SMILES string of the molecule is CNc1cc([N+](=O)[O-])cc(NC(C)C(=O)NC(C)(C)C)n1. The van der Waals surface area contributed by atoms with Gasteiger partial charge in [-0.3, -0.25) is 14.9 Å². The maximum atomic E-state index is 12.0. The highest BCUT2D eigenvalue weighted by molar-refractivity contribution is 5.84. The van der Waals surface area contributed by atoms with Crippen molar-refractivity contribution in [3.8, 4) is 0 Å². The summed E-state index contributed by atoms with van der Waals surface area (Å²) < 4.78 is 0. The molecule has 1 rings (SSSR count).